The fourth-order valence-corrected chi connectivity index (χ4v) is 5.34. The Bertz CT molecular complexity index is 1170. The van der Waals surface area contributed by atoms with Crippen molar-refractivity contribution in [2.45, 2.75) is 37.1 Å². The van der Waals surface area contributed by atoms with E-state index in [2.05, 4.69) is 10.1 Å². The van der Waals surface area contributed by atoms with Gasteiger partial charge in [-0.2, -0.15) is 9.29 Å². The van der Waals surface area contributed by atoms with E-state index in [1.165, 1.54) is 6.07 Å². The molecule has 0 N–H and O–H groups in total. The lowest BCUT2D eigenvalue weighted by Gasteiger charge is -2.25. The van der Waals surface area contributed by atoms with Gasteiger partial charge in [-0.1, -0.05) is 23.7 Å². The van der Waals surface area contributed by atoms with Crippen LogP contribution in [0.4, 0.5) is 4.39 Å². The molecule has 1 aliphatic rings. The molecule has 0 amide bonds. The van der Waals surface area contributed by atoms with Crippen molar-refractivity contribution >= 4 is 10.0 Å². The van der Waals surface area contributed by atoms with Crippen LogP contribution in [-0.2, 0) is 23.0 Å². The maximum Gasteiger partial charge on any atom is 0.243 e. The van der Waals surface area contributed by atoms with Gasteiger partial charge in [0.25, 0.3) is 0 Å². The Hall–Kier alpha value is -2.62. The number of rotatable bonds is 7. The van der Waals surface area contributed by atoms with Crippen molar-refractivity contribution < 1.29 is 17.3 Å². The van der Waals surface area contributed by atoms with E-state index in [9.17, 15) is 12.8 Å². The third-order valence-electron chi connectivity index (χ3n) is 5.49. The molecule has 32 heavy (non-hydrogen) atoms. The molecule has 1 aliphatic heterocycles. The third-order valence-corrected chi connectivity index (χ3v) is 7.40. The van der Waals surface area contributed by atoms with Crippen LogP contribution in [0.25, 0.3) is 11.4 Å². The molecule has 170 valence electrons. The van der Waals surface area contributed by atoms with E-state index in [-0.39, 0.29) is 5.82 Å². The average Bonchev–Trinajstić information content (AvgIpc) is 3.24. The Morgan fingerprint density at radius 2 is 1.78 bits per heavy atom. The second-order valence-corrected chi connectivity index (χ2v) is 10.3. The highest BCUT2D eigenvalue weighted by atomic mass is 32.2. The van der Waals surface area contributed by atoms with E-state index in [1.54, 1.807) is 40.7 Å². The zero-order valence-corrected chi connectivity index (χ0v) is 19.1. The third kappa shape index (κ3) is 5.06. The van der Waals surface area contributed by atoms with E-state index in [0.29, 0.717) is 53.8 Å². The molecular weight excluding hydrogens is 431 g/mol. The predicted molar refractivity (Wildman–Crippen MR) is 119 cm³/mol. The Kier molecular flexibility index (Phi) is 6.68. The average molecular weight is 459 g/mol. The summed E-state index contributed by atoms with van der Waals surface area (Å²) in [7, 11) is 0.301. The summed E-state index contributed by atoms with van der Waals surface area (Å²) in [6.07, 6.45) is 3.26. The fraction of sp³-hybridized carbons (Fsp3) is 0.391. The number of hydrogen-bond donors (Lipinski definition) is 0. The topological polar surface area (TPSA) is 79.5 Å². The van der Waals surface area contributed by atoms with Gasteiger partial charge in [0.05, 0.1) is 11.3 Å². The summed E-state index contributed by atoms with van der Waals surface area (Å²) in [5, 5.41) is 4.03. The van der Waals surface area contributed by atoms with Crippen molar-refractivity contribution in [3.63, 3.8) is 0 Å². The summed E-state index contributed by atoms with van der Waals surface area (Å²) < 4.78 is 46.6. The molecule has 0 unspecified atom stereocenters. The van der Waals surface area contributed by atoms with Crippen molar-refractivity contribution in [2.24, 2.45) is 0 Å². The molecule has 1 fully saturated rings. The van der Waals surface area contributed by atoms with Gasteiger partial charge in [-0.3, -0.25) is 0 Å². The van der Waals surface area contributed by atoms with E-state index in [4.69, 9.17) is 4.52 Å². The van der Waals surface area contributed by atoms with E-state index in [1.807, 2.05) is 19.0 Å². The van der Waals surface area contributed by atoms with Crippen LogP contribution in [0, 0.1) is 5.82 Å². The van der Waals surface area contributed by atoms with Gasteiger partial charge in [0.1, 0.15) is 5.82 Å². The first kappa shape index (κ1) is 22.6. The van der Waals surface area contributed by atoms with Gasteiger partial charge < -0.3 is 9.42 Å². The van der Waals surface area contributed by atoms with Crippen molar-refractivity contribution in [1.82, 2.24) is 19.3 Å². The minimum absolute atomic E-state index is 0.272. The zero-order chi connectivity index (χ0) is 22.7. The highest BCUT2D eigenvalue weighted by Crippen LogP contribution is 2.23. The van der Waals surface area contributed by atoms with E-state index >= 15 is 0 Å². The molecular formula is C23H27FN4O3S. The van der Waals surface area contributed by atoms with Gasteiger partial charge in [-0.05, 0) is 62.8 Å². The van der Waals surface area contributed by atoms with Crippen LogP contribution >= 0.6 is 0 Å². The minimum atomic E-state index is -3.45. The molecule has 2 heterocycles. The lowest BCUT2D eigenvalue weighted by molar-refractivity contribution is 0.346. The molecule has 7 nitrogen and oxygen atoms in total. The van der Waals surface area contributed by atoms with Gasteiger partial charge >= 0.3 is 0 Å². The smallest absolute Gasteiger partial charge is 0.243 e. The SMILES string of the molecule is CN(C)Cc1cc(-c2noc(Cc3ccc(S(=O)(=O)N4CCCCC4)cc3)n2)ccc1F. The van der Waals surface area contributed by atoms with Crippen molar-refractivity contribution in [3.05, 3.63) is 65.3 Å². The molecule has 0 spiro atoms. The molecule has 1 saturated heterocycles. The van der Waals surface area contributed by atoms with Crippen LogP contribution in [-0.4, -0.2) is 54.9 Å². The van der Waals surface area contributed by atoms with Crippen LogP contribution in [0.2, 0.25) is 0 Å². The van der Waals surface area contributed by atoms with Gasteiger partial charge in [0.15, 0.2) is 0 Å². The summed E-state index contributed by atoms with van der Waals surface area (Å²) in [5.41, 5.74) is 2.11. The monoisotopic (exact) mass is 458 g/mol. The largest absolute Gasteiger partial charge is 0.339 e. The predicted octanol–water partition coefficient (Wildman–Crippen LogP) is 3.70. The molecule has 9 heteroatoms. The van der Waals surface area contributed by atoms with Crippen molar-refractivity contribution in [1.29, 1.82) is 0 Å². The summed E-state index contributed by atoms with van der Waals surface area (Å²) >= 11 is 0. The first-order valence-corrected chi connectivity index (χ1v) is 12.1. The minimum Gasteiger partial charge on any atom is -0.339 e. The molecule has 0 aliphatic carbocycles. The first-order chi connectivity index (χ1) is 15.3. The lowest BCUT2D eigenvalue weighted by Crippen LogP contribution is -2.35. The van der Waals surface area contributed by atoms with Crippen LogP contribution in [0.15, 0.2) is 51.9 Å². The Balaban J connectivity index is 1.47. The van der Waals surface area contributed by atoms with Crippen LogP contribution in [0.5, 0.6) is 0 Å². The van der Waals surface area contributed by atoms with Gasteiger partial charge in [-0.25, -0.2) is 12.8 Å². The molecule has 0 radical (unpaired) electrons. The number of benzene rings is 2. The standard InChI is InChI=1S/C23H27FN4O3S/c1-27(2)16-19-15-18(8-11-21(19)24)23-25-22(31-26-23)14-17-6-9-20(10-7-17)32(29,30)28-12-4-3-5-13-28/h6-11,15H,3-5,12-14,16H2,1-2H3. The maximum absolute atomic E-state index is 14.0. The van der Waals surface area contributed by atoms with E-state index in [0.717, 1.165) is 24.8 Å². The summed E-state index contributed by atoms with van der Waals surface area (Å²) in [6, 6.07) is 11.6. The Labute approximate surface area is 187 Å². The first-order valence-electron chi connectivity index (χ1n) is 10.7. The Morgan fingerprint density at radius 3 is 2.47 bits per heavy atom. The molecule has 3 aromatic rings. The van der Waals surface area contributed by atoms with Crippen molar-refractivity contribution in [2.75, 3.05) is 27.2 Å². The number of hydrogen-bond acceptors (Lipinski definition) is 6. The zero-order valence-electron chi connectivity index (χ0n) is 18.3. The quantitative estimate of drug-likeness (QED) is 0.537. The molecule has 2 aromatic carbocycles. The molecule has 0 bridgehead atoms. The highest BCUT2D eigenvalue weighted by molar-refractivity contribution is 7.89. The van der Waals surface area contributed by atoms with Crippen LogP contribution in [0.3, 0.4) is 0 Å². The van der Waals surface area contributed by atoms with Gasteiger partial charge in [0, 0.05) is 30.8 Å². The second-order valence-electron chi connectivity index (χ2n) is 8.34. The highest BCUT2D eigenvalue weighted by Gasteiger charge is 2.25. The normalized spacial score (nSPS) is 15.4. The lowest BCUT2D eigenvalue weighted by atomic mass is 10.1. The molecule has 0 saturated carbocycles. The number of aromatic nitrogens is 2. The fourth-order valence-electron chi connectivity index (χ4n) is 3.83. The summed E-state index contributed by atoms with van der Waals surface area (Å²) in [5.74, 6) is 0.528. The van der Waals surface area contributed by atoms with Gasteiger partial charge in [0.2, 0.25) is 21.7 Å². The second kappa shape index (κ2) is 9.48. The number of piperidine rings is 1. The van der Waals surface area contributed by atoms with Gasteiger partial charge in [-0.15, -0.1) is 0 Å². The number of nitrogens with zero attached hydrogens (tertiary/aromatic N) is 4. The Morgan fingerprint density at radius 1 is 1.06 bits per heavy atom. The number of sulfonamides is 1. The molecule has 1 aromatic heterocycles. The van der Waals surface area contributed by atoms with Crippen LogP contribution in [0.1, 0.15) is 36.3 Å². The maximum atomic E-state index is 14.0. The molecule has 4 rings (SSSR count). The molecule has 0 atom stereocenters. The summed E-state index contributed by atoms with van der Waals surface area (Å²) in [4.78, 5) is 6.62. The van der Waals surface area contributed by atoms with Crippen molar-refractivity contribution in [3.8, 4) is 11.4 Å². The van der Waals surface area contributed by atoms with E-state index < -0.39 is 10.0 Å². The summed E-state index contributed by atoms with van der Waals surface area (Å²) in [6.45, 7) is 1.63. The number of halogens is 1. The van der Waals surface area contributed by atoms with Crippen LogP contribution < -0.4 is 0 Å².